The van der Waals surface area contributed by atoms with Crippen molar-refractivity contribution in [1.29, 1.82) is 0 Å². The predicted octanol–water partition coefficient (Wildman–Crippen LogP) is 18.6. The average molecular weight is 1060 g/mol. The maximum absolute atomic E-state index is 13.1. The molecule has 0 amide bonds. The van der Waals surface area contributed by atoms with Crippen LogP contribution in [0.5, 0.6) is 0 Å². The maximum Gasteiger partial charge on any atom is -0.172 e. The fraction of sp³-hybridized carbons (Fsp3) is 0.392. The van der Waals surface area contributed by atoms with E-state index in [0.29, 0.717) is 0 Å². The van der Waals surface area contributed by atoms with Crippen LogP contribution in [0.1, 0.15) is 139 Å². The molecule has 6 rings (SSSR count). The number of halogens is 14. The number of benzene rings is 4. The van der Waals surface area contributed by atoms with Crippen molar-refractivity contribution in [2.24, 2.45) is 0 Å². The Morgan fingerprint density at radius 1 is 0.394 bits per heavy atom. The Bertz CT molecular complexity index is 2430. The summed E-state index contributed by atoms with van der Waals surface area (Å²) in [6.45, 7) is 28.0. The van der Waals surface area contributed by atoms with Crippen LogP contribution in [-0.2, 0) is 65.2 Å². The van der Waals surface area contributed by atoms with E-state index in [2.05, 4.69) is 113 Å². The third kappa shape index (κ3) is 13.6. The van der Waals surface area contributed by atoms with Crippen molar-refractivity contribution in [3.63, 3.8) is 0 Å². The molecular formula is C51H52Cl2F12Zr-2. The average Bonchev–Trinajstić information content (AvgIpc) is 3.83. The van der Waals surface area contributed by atoms with Crippen LogP contribution in [0.3, 0.4) is 0 Å². The maximum atomic E-state index is 13.1. The van der Waals surface area contributed by atoms with Crippen LogP contribution in [0.4, 0.5) is 52.7 Å². The SMILES string of the molecule is CC(C)(C)c1cc2[cH-]c3cc(C(C)(C)C)c(C(C)(C)C)cc3c2cc1C(C)(C)C.FC(F)(F)c1cc([C](c2cc(C(F)(F)F)cc(C(F)(F)F)c2)=[Zr]([Cl])[Cl])cc(C(F)(F)F)c1.c1cc[cH-]c1. The van der Waals surface area contributed by atoms with Crippen LogP contribution >= 0.6 is 17.0 Å². The smallest absolute Gasteiger partial charge is 0.172 e. The van der Waals surface area contributed by atoms with Gasteiger partial charge in [0.05, 0.1) is 0 Å². The van der Waals surface area contributed by atoms with Gasteiger partial charge in [0.25, 0.3) is 0 Å². The van der Waals surface area contributed by atoms with Crippen molar-refractivity contribution in [2.45, 2.75) is 129 Å². The topological polar surface area (TPSA) is 0 Å². The molecule has 0 unspecified atom stereocenters. The molecule has 0 atom stereocenters. The molecule has 0 aliphatic heterocycles. The van der Waals surface area contributed by atoms with E-state index in [1.54, 1.807) is 0 Å². The fourth-order valence-corrected chi connectivity index (χ4v) is 11.9. The first-order valence-electron chi connectivity index (χ1n) is 20.7. The van der Waals surface area contributed by atoms with Gasteiger partial charge in [0.2, 0.25) is 0 Å². The Balaban J connectivity index is 0.000000261. The zero-order valence-corrected chi connectivity index (χ0v) is 42.5. The van der Waals surface area contributed by atoms with Gasteiger partial charge < -0.3 is 0 Å². The van der Waals surface area contributed by atoms with E-state index < -0.39 is 80.2 Å². The summed E-state index contributed by atoms with van der Waals surface area (Å²) in [5.74, 6) is 0. The van der Waals surface area contributed by atoms with E-state index in [-0.39, 0.29) is 58.1 Å². The Morgan fingerprint density at radius 2 is 0.652 bits per heavy atom. The van der Waals surface area contributed by atoms with E-state index in [1.165, 1.54) is 43.8 Å². The summed E-state index contributed by atoms with van der Waals surface area (Å²) in [4.78, 5) is 0. The molecule has 0 fully saturated rings. The Morgan fingerprint density at radius 3 is 0.848 bits per heavy atom. The first-order chi connectivity index (χ1) is 29.6. The van der Waals surface area contributed by atoms with Crippen molar-refractivity contribution >= 4 is 41.8 Å². The minimum atomic E-state index is -5.31. The summed E-state index contributed by atoms with van der Waals surface area (Å²) in [5.41, 5.74) is -2.87. The molecular weight excluding hydrogens is 1000 g/mol. The van der Waals surface area contributed by atoms with Crippen LogP contribution in [0.15, 0.2) is 97.1 Å². The van der Waals surface area contributed by atoms with Crippen molar-refractivity contribution in [3.05, 3.63) is 153 Å². The minimum absolute atomic E-state index is 0.124. The van der Waals surface area contributed by atoms with Gasteiger partial charge in [-0.3, -0.25) is 0 Å². The first kappa shape index (κ1) is 55.2. The van der Waals surface area contributed by atoms with Gasteiger partial charge in [-0.15, -0.1) is 39.7 Å². The van der Waals surface area contributed by atoms with Gasteiger partial charge in [-0.25, -0.2) is 12.1 Å². The van der Waals surface area contributed by atoms with E-state index in [0.717, 1.165) is 0 Å². The minimum Gasteiger partial charge on any atom is -0.214 e. The second-order valence-electron chi connectivity index (χ2n) is 20.3. The molecule has 360 valence electrons. The third-order valence-corrected chi connectivity index (χ3v) is 15.3. The molecule has 0 nitrogen and oxygen atoms in total. The molecule has 0 N–H and O–H groups in total. The van der Waals surface area contributed by atoms with Gasteiger partial charge in [-0.2, -0.15) is 18.2 Å². The van der Waals surface area contributed by atoms with E-state index in [9.17, 15) is 52.7 Å². The Kier molecular flexibility index (Phi) is 16.0. The Labute approximate surface area is 393 Å². The summed E-state index contributed by atoms with van der Waals surface area (Å²) in [6.07, 6.45) is -21.2. The molecule has 66 heavy (non-hydrogen) atoms. The summed E-state index contributed by atoms with van der Waals surface area (Å²) >= 11 is -4.29. The number of hydrogen-bond acceptors (Lipinski definition) is 0. The monoisotopic (exact) mass is 1050 g/mol. The van der Waals surface area contributed by atoms with Gasteiger partial charge >= 0.3 is 186 Å². The molecule has 0 saturated heterocycles. The number of rotatable bonds is 2. The molecule has 0 bridgehead atoms. The van der Waals surface area contributed by atoms with Gasteiger partial charge in [0.15, 0.2) is 0 Å². The quantitative estimate of drug-likeness (QED) is 0.120. The van der Waals surface area contributed by atoms with Crippen LogP contribution in [0.25, 0.3) is 21.5 Å². The van der Waals surface area contributed by atoms with Crippen LogP contribution in [0.2, 0.25) is 0 Å². The molecule has 0 radical (unpaired) electrons. The molecule has 0 aliphatic carbocycles. The third-order valence-electron chi connectivity index (χ3n) is 10.7. The molecule has 0 aliphatic rings. The number of hydrogen-bond donors (Lipinski definition) is 0. The van der Waals surface area contributed by atoms with Gasteiger partial charge in [-0.1, -0.05) is 117 Å². The molecule has 15 heteroatoms. The standard InChI is InChI=1S/C29H41.C17H6F12.C5H5.2ClH.Zr/c1-26(2,3)22-14-18-13-19-15-23(27(4,5)6)25(29(10,11)12)17-21(19)20(18)16-24(22)28(7,8)9;18-14(19,20)10-2-8(3-11(6-10)15(21,22)23)1-9-4-12(16(24,25)26)7-13(5-9)17(27,28)29;1-2-4-5-3-1;;;/h13-17H,1-12H3;2-7H;1-5H;2*1H;/q-1;;-1;;;+2/p-2. The zero-order valence-electron chi connectivity index (χ0n) is 38.5. The summed E-state index contributed by atoms with van der Waals surface area (Å²) in [7, 11) is 11.6. The van der Waals surface area contributed by atoms with Crippen LogP contribution in [-0.4, -0.2) is 3.21 Å². The van der Waals surface area contributed by atoms with Crippen molar-refractivity contribution in [2.75, 3.05) is 0 Å². The molecule has 6 aromatic rings. The van der Waals surface area contributed by atoms with Crippen molar-refractivity contribution in [3.8, 4) is 0 Å². The molecule has 0 spiro atoms. The molecule has 0 saturated carbocycles. The first-order valence-corrected chi connectivity index (χ1v) is 28.2. The van der Waals surface area contributed by atoms with Crippen molar-refractivity contribution < 1.29 is 71.6 Å². The number of fused-ring (bicyclic) bond motifs is 3. The fourth-order valence-electron chi connectivity index (χ4n) is 7.49. The Hall–Kier alpha value is -3.41. The predicted molar refractivity (Wildman–Crippen MR) is 242 cm³/mol. The van der Waals surface area contributed by atoms with Gasteiger partial charge in [0.1, 0.15) is 0 Å². The van der Waals surface area contributed by atoms with E-state index >= 15 is 0 Å². The summed E-state index contributed by atoms with van der Waals surface area (Å²) in [5, 5.41) is 5.57. The zero-order chi connectivity index (χ0) is 50.6. The van der Waals surface area contributed by atoms with Gasteiger partial charge in [0, 0.05) is 0 Å². The second-order valence-corrected chi connectivity index (χ2v) is 28.4. The second kappa shape index (κ2) is 19.2. The molecule has 0 heterocycles. The summed E-state index contributed by atoms with van der Waals surface area (Å²) < 4.78 is 157. The molecule has 0 aromatic heterocycles. The van der Waals surface area contributed by atoms with Gasteiger partial charge in [-0.05, 0) is 21.7 Å². The molecule has 6 aromatic carbocycles. The van der Waals surface area contributed by atoms with Crippen molar-refractivity contribution in [1.82, 2.24) is 0 Å². The number of alkyl halides is 12. The summed E-state index contributed by atoms with van der Waals surface area (Å²) in [6, 6.07) is 22.4. The largest absolute Gasteiger partial charge is 0.214 e. The van der Waals surface area contributed by atoms with Crippen LogP contribution in [0, 0.1) is 0 Å². The van der Waals surface area contributed by atoms with E-state index in [1.807, 2.05) is 30.3 Å². The van der Waals surface area contributed by atoms with Crippen LogP contribution < -0.4 is 0 Å². The van der Waals surface area contributed by atoms with E-state index in [4.69, 9.17) is 17.0 Å². The normalized spacial score (nSPS) is 13.3.